The van der Waals surface area contributed by atoms with Crippen molar-refractivity contribution < 1.29 is 24.6 Å². The van der Waals surface area contributed by atoms with Gasteiger partial charge in [-0.15, -0.1) is 0 Å². The Balaban J connectivity index is 3.54. The van der Waals surface area contributed by atoms with Gasteiger partial charge in [0.15, 0.2) is 6.10 Å². The van der Waals surface area contributed by atoms with Gasteiger partial charge in [0.2, 0.25) is 5.91 Å². The lowest BCUT2D eigenvalue weighted by atomic mass is 10.2. The average Bonchev–Trinajstić information content (AvgIpc) is 2.29. The first kappa shape index (κ1) is 16.2. The predicted octanol–water partition coefficient (Wildman–Crippen LogP) is -1.35. The molecule has 0 rings (SSSR count). The fourth-order valence-corrected chi connectivity index (χ4v) is 1.08. The number of carbonyl (C=O) groups is 3. The van der Waals surface area contributed by atoms with Crippen LogP contribution >= 0.6 is 0 Å². The zero-order valence-corrected chi connectivity index (χ0v) is 10.2. The summed E-state index contributed by atoms with van der Waals surface area (Å²) in [4.78, 5) is 32.4. The summed E-state index contributed by atoms with van der Waals surface area (Å²) in [5.41, 5.74) is 0. The molecule has 0 aliphatic carbocycles. The van der Waals surface area contributed by atoms with E-state index in [-0.39, 0.29) is 31.8 Å². The van der Waals surface area contributed by atoms with Crippen molar-refractivity contribution >= 4 is 17.9 Å². The van der Waals surface area contributed by atoms with Crippen LogP contribution in [0.3, 0.4) is 0 Å². The highest BCUT2D eigenvalue weighted by Gasteiger charge is 2.12. The first-order chi connectivity index (χ1) is 8.47. The second kappa shape index (κ2) is 9.23. The van der Waals surface area contributed by atoms with Gasteiger partial charge in [0.25, 0.3) is 0 Å². The van der Waals surface area contributed by atoms with E-state index < -0.39 is 18.1 Å². The third kappa shape index (κ3) is 8.34. The van der Waals surface area contributed by atoms with Crippen LogP contribution in [0.15, 0.2) is 0 Å². The van der Waals surface area contributed by atoms with Crippen molar-refractivity contribution in [1.82, 2.24) is 16.0 Å². The van der Waals surface area contributed by atoms with Gasteiger partial charge < -0.3 is 26.2 Å². The molecule has 1 unspecified atom stereocenters. The summed E-state index contributed by atoms with van der Waals surface area (Å²) in [5.74, 6) is -1.48. The van der Waals surface area contributed by atoms with Crippen LogP contribution in [0.5, 0.6) is 0 Å². The van der Waals surface area contributed by atoms with Gasteiger partial charge in [-0.3, -0.25) is 4.79 Å². The topological polar surface area (TPSA) is 128 Å². The third-order valence-corrected chi connectivity index (χ3v) is 2.00. The number of carboxylic acid groups (broad SMARTS) is 1. The van der Waals surface area contributed by atoms with E-state index in [0.717, 1.165) is 0 Å². The molecule has 0 aliphatic rings. The van der Waals surface area contributed by atoms with Crippen molar-refractivity contribution in [3.63, 3.8) is 0 Å². The number of carbonyl (C=O) groups excluding carboxylic acids is 2. The molecule has 0 fully saturated rings. The molecule has 0 spiro atoms. The molecule has 0 saturated carbocycles. The number of hydrogen-bond acceptors (Lipinski definition) is 4. The molecule has 1 atom stereocenters. The molecule has 0 aromatic carbocycles. The molecule has 0 heterocycles. The van der Waals surface area contributed by atoms with Gasteiger partial charge in [-0.1, -0.05) is 0 Å². The molecule has 0 bridgehead atoms. The Morgan fingerprint density at radius 1 is 1.11 bits per heavy atom. The highest BCUT2D eigenvalue weighted by Crippen LogP contribution is 1.89. The number of aliphatic carboxylic acids is 1. The van der Waals surface area contributed by atoms with Crippen LogP contribution in [0.4, 0.5) is 4.79 Å². The Hall–Kier alpha value is -1.83. The van der Waals surface area contributed by atoms with Gasteiger partial charge in [-0.2, -0.15) is 0 Å². The number of amides is 3. The Bertz CT molecular complexity index is 295. The van der Waals surface area contributed by atoms with E-state index in [0.29, 0.717) is 6.54 Å². The predicted molar refractivity (Wildman–Crippen MR) is 63.0 cm³/mol. The number of rotatable bonds is 8. The van der Waals surface area contributed by atoms with Gasteiger partial charge in [-0.25, -0.2) is 9.59 Å². The van der Waals surface area contributed by atoms with Crippen molar-refractivity contribution in [2.45, 2.75) is 25.9 Å². The maximum atomic E-state index is 11.2. The van der Waals surface area contributed by atoms with Crippen molar-refractivity contribution in [2.75, 3.05) is 19.6 Å². The molecule has 0 saturated heterocycles. The molecule has 104 valence electrons. The molecule has 0 radical (unpaired) electrons. The van der Waals surface area contributed by atoms with Crippen molar-refractivity contribution in [2.24, 2.45) is 0 Å². The van der Waals surface area contributed by atoms with Crippen molar-refractivity contribution in [1.29, 1.82) is 0 Å². The quantitative estimate of drug-likeness (QED) is 0.369. The van der Waals surface area contributed by atoms with E-state index in [1.165, 1.54) is 0 Å². The number of aliphatic hydroxyl groups excluding tert-OH is 1. The smallest absolute Gasteiger partial charge is 0.332 e. The summed E-state index contributed by atoms with van der Waals surface area (Å²) in [5, 5.41) is 24.7. The van der Waals surface area contributed by atoms with Crippen LogP contribution in [-0.4, -0.2) is 53.9 Å². The maximum Gasteiger partial charge on any atom is 0.332 e. The highest BCUT2D eigenvalue weighted by atomic mass is 16.4. The number of carboxylic acids is 1. The molecular weight excluding hydrogens is 242 g/mol. The minimum absolute atomic E-state index is 0.0421. The first-order valence-electron chi connectivity index (χ1n) is 5.66. The van der Waals surface area contributed by atoms with Crippen LogP contribution in [-0.2, 0) is 9.59 Å². The van der Waals surface area contributed by atoms with Gasteiger partial charge in [-0.05, 0) is 6.92 Å². The zero-order chi connectivity index (χ0) is 14.0. The Labute approximate surface area is 105 Å². The highest BCUT2D eigenvalue weighted by molar-refractivity contribution is 5.78. The van der Waals surface area contributed by atoms with Crippen LogP contribution in [0.1, 0.15) is 19.8 Å². The molecule has 0 aromatic rings. The summed E-state index contributed by atoms with van der Waals surface area (Å²) in [6.07, 6.45) is -1.38. The van der Waals surface area contributed by atoms with E-state index in [1.54, 1.807) is 6.92 Å². The standard InChI is InChI=1S/C10H19N3O5/c1-2-11-8(15)4-6-13-10(18)12-5-3-7(14)9(16)17/h7,14H,2-6H2,1H3,(H,11,15)(H,16,17)(H2,12,13,18). The van der Waals surface area contributed by atoms with Crippen LogP contribution < -0.4 is 16.0 Å². The van der Waals surface area contributed by atoms with Crippen LogP contribution in [0, 0.1) is 0 Å². The summed E-state index contributed by atoms with van der Waals surface area (Å²) in [6, 6.07) is -0.503. The summed E-state index contributed by atoms with van der Waals surface area (Å²) in [7, 11) is 0. The second-order valence-electron chi connectivity index (χ2n) is 3.53. The molecule has 0 aromatic heterocycles. The van der Waals surface area contributed by atoms with Crippen LogP contribution in [0.25, 0.3) is 0 Å². The second-order valence-corrected chi connectivity index (χ2v) is 3.53. The normalized spacial score (nSPS) is 11.4. The average molecular weight is 261 g/mol. The number of urea groups is 1. The van der Waals surface area contributed by atoms with E-state index >= 15 is 0 Å². The van der Waals surface area contributed by atoms with E-state index in [4.69, 9.17) is 10.2 Å². The summed E-state index contributed by atoms with van der Waals surface area (Å²) in [6.45, 7) is 2.57. The molecule has 0 aliphatic heterocycles. The number of nitrogens with one attached hydrogen (secondary N) is 3. The lowest BCUT2D eigenvalue weighted by Gasteiger charge is -2.08. The molecule has 8 heteroatoms. The lowest BCUT2D eigenvalue weighted by Crippen LogP contribution is -2.39. The molecule has 18 heavy (non-hydrogen) atoms. The summed E-state index contributed by atoms with van der Waals surface area (Å²) >= 11 is 0. The SMILES string of the molecule is CCNC(=O)CCNC(=O)NCCC(O)C(=O)O. The van der Waals surface area contributed by atoms with Gasteiger partial charge in [0.1, 0.15) is 0 Å². The largest absolute Gasteiger partial charge is 0.479 e. The maximum absolute atomic E-state index is 11.2. The zero-order valence-electron chi connectivity index (χ0n) is 10.2. The summed E-state index contributed by atoms with van der Waals surface area (Å²) < 4.78 is 0. The molecule has 3 amide bonds. The minimum Gasteiger partial charge on any atom is -0.479 e. The van der Waals surface area contributed by atoms with Gasteiger partial charge in [0, 0.05) is 32.5 Å². The van der Waals surface area contributed by atoms with Crippen molar-refractivity contribution in [3.05, 3.63) is 0 Å². The van der Waals surface area contributed by atoms with Crippen molar-refractivity contribution in [3.8, 4) is 0 Å². The van der Waals surface area contributed by atoms with E-state index in [2.05, 4.69) is 16.0 Å². The van der Waals surface area contributed by atoms with Gasteiger partial charge >= 0.3 is 12.0 Å². The number of aliphatic hydroxyl groups is 1. The van der Waals surface area contributed by atoms with E-state index in [9.17, 15) is 14.4 Å². The molecule has 5 N–H and O–H groups in total. The van der Waals surface area contributed by atoms with Gasteiger partial charge in [0.05, 0.1) is 0 Å². The monoisotopic (exact) mass is 261 g/mol. The first-order valence-corrected chi connectivity index (χ1v) is 5.66. The lowest BCUT2D eigenvalue weighted by molar-refractivity contribution is -0.146. The Morgan fingerprint density at radius 2 is 1.72 bits per heavy atom. The fourth-order valence-electron chi connectivity index (χ4n) is 1.08. The fraction of sp³-hybridized carbons (Fsp3) is 0.700. The van der Waals surface area contributed by atoms with E-state index in [1.807, 2.05) is 0 Å². The Morgan fingerprint density at radius 3 is 2.28 bits per heavy atom. The van der Waals surface area contributed by atoms with Crippen LogP contribution in [0.2, 0.25) is 0 Å². The third-order valence-electron chi connectivity index (χ3n) is 2.00. The minimum atomic E-state index is -1.49. The number of hydrogen-bond donors (Lipinski definition) is 5. The Kier molecular flexibility index (Phi) is 8.29. The molecular formula is C10H19N3O5. The molecule has 8 nitrogen and oxygen atoms in total.